The van der Waals surface area contributed by atoms with Crippen LogP contribution in [0.3, 0.4) is 0 Å². The van der Waals surface area contributed by atoms with Gasteiger partial charge in [-0.15, -0.1) is 0 Å². The summed E-state index contributed by atoms with van der Waals surface area (Å²) in [5, 5.41) is 9.34. The largest absolute Gasteiger partial charge is 0.368 e. The number of primary amides is 1. The molecule has 7 nitrogen and oxygen atoms in total. The Morgan fingerprint density at radius 2 is 1.76 bits per heavy atom. The highest BCUT2D eigenvalue weighted by atomic mass is 16.2. The van der Waals surface area contributed by atoms with Crippen LogP contribution in [-0.2, 0) is 11.3 Å². The molecule has 29 heavy (non-hydrogen) atoms. The Hall–Kier alpha value is -2.57. The molecule has 0 spiro atoms. The summed E-state index contributed by atoms with van der Waals surface area (Å²) < 4.78 is 0. The van der Waals surface area contributed by atoms with E-state index in [2.05, 4.69) is 34.8 Å². The molecule has 1 aliphatic carbocycles. The van der Waals surface area contributed by atoms with E-state index in [0.29, 0.717) is 23.4 Å². The number of rotatable bonds is 9. The van der Waals surface area contributed by atoms with Crippen LogP contribution in [0.2, 0.25) is 0 Å². The van der Waals surface area contributed by atoms with Gasteiger partial charge in [0.25, 0.3) is 5.91 Å². The molecule has 0 saturated heterocycles. The molecule has 0 aromatic heterocycles. The predicted molar refractivity (Wildman–Crippen MR) is 117 cm³/mol. The van der Waals surface area contributed by atoms with Crippen molar-refractivity contribution in [2.24, 2.45) is 22.1 Å². The van der Waals surface area contributed by atoms with E-state index in [4.69, 9.17) is 5.73 Å². The second kappa shape index (κ2) is 10.8. The van der Waals surface area contributed by atoms with Gasteiger partial charge in [0.15, 0.2) is 5.96 Å². The fourth-order valence-electron chi connectivity index (χ4n) is 4.17. The van der Waals surface area contributed by atoms with Crippen LogP contribution in [0.1, 0.15) is 61.9 Å². The van der Waals surface area contributed by atoms with Crippen LogP contribution in [-0.4, -0.2) is 37.9 Å². The van der Waals surface area contributed by atoms with Crippen molar-refractivity contribution in [1.29, 1.82) is 0 Å². The van der Waals surface area contributed by atoms with E-state index < -0.39 is 5.91 Å². The third kappa shape index (κ3) is 7.40. The van der Waals surface area contributed by atoms with Crippen molar-refractivity contribution in [1.82, 2.24) is 16.0 Å². The molecule has 0 radical (unpaired) electrons. The molecule has 7 heteroatoms. The molecule has 0 bridgehead atoms. The first-order valence-corrected chi connectivity index (χ1v) is 10.4. The first-order chi connectivity index (χ1) is 13.8. The fraction of sp³-hybridized carbons (Fsp3) is 0.591. The van der Waals surface area contributed by atoms with E-state index >= 15 is 0 Å². The standard InChI is InChI=1S/C22H35N5O2/c1-16(2)12-22(10-4-5-11-22)15-27-21(24-3)26-13-17-6-8-18(9-7-17)20(29)25-14-19(23)28/h6-9,16H,4-5,10-15H2,1-3H3,(H2,23,28)(H,25,29)(H2,24,26,27). The smallest absolute Gasteiger partial charge is 0.251 e. The summed E-state index contributed by atoms with van der Waals surface area (Å²) in [6, 6.07) is 7.24. The van der Waals surface area contributed by atoms with Gasteiger partial charge in [0.1, 0.15) is 0 Å². The maximum absolute atomic E-state index is 11.9. The van der Waals surface area contributed by atoms with Crippen molar-refractivity contribution < 1.29 is 9.59 Å². The minimum absolute atomic E-state index is 0.164. The fourth-order valence-corrected chi connectivity index (χ4v) is 4.17. The van der Waals surface area contributed by atoms with E-state index in [1.54, 1.807) is 19.2 Å². The molecule has 0 unspecified atom stereocenters. The summed E-state index contributed by atoms with van der Waals surface area (Å²) in [5.74, 6) is 0.616. The lowest BCUT2D eigenvalue weighted by molar-refractivity contribution is -0.117. The molecule has 1 saturated carbocycles. The van der Waals surface area contributed by atoms with Crippen molar-refractivity contribution >= 4 is 17.8 Å². The summed E-state index contributed by atoms with van der Waals surface area (Å²) in [6.07, 6.45) is 6.46. The second-order valence-corrected chi connectivity index (χ2v) is 8.43. The van der Waals surface area contributed by atoms with Crippen LogP contribution in [0.15, 0.2) is 29.3 Å². The molecule has 2 amide bonds. The van der Waals surface area contributed by atoms with Gasteiger partial charge >= 0.3 is 0 Å². The van der Waals surface area contributed by atoms with Crippen molar-refractivity contribution in [3.8, 4) is 0 Å². The van der Waals surface area contributed by atoms with Crippen molar-refractivity contribution in [3.05, 3.63) is 35.4 Å². The molecule has 0 heterocycles. The van der Waals surface area contributed by atoms with Crippen LogP contribution in [0, 0.1) is 11.3 Å². The summed E-state index contributed by atoms with van der Waals surface area (Å²) in [4.78, 5) is 27.0. The van der Waals surface area contributed by atoms with Gasteiger partial charge in [-0.3, -0.25) is 14.6 Å². The first kappa shape index (κ1) is 22.7. The van der Waals surface area contributed by atoms with Crippen molar-refractivity contribution in [2.45, 2.75) is 52.5 Å². The van der Waals surface area contributed by atoms with E-state index in [-0.39, 0.29) is 12.5 Å². The quantitative estimate of drug-likeness (QED) is 0.376. The van der Waals surface area contributed by atoms with Crippen molar-refractivity contribution in [2.75, 3.05) is 20.1 Å². The number of nitrogens with zero attached hydrogens (tertiary/aromatic N) is 1. The van der Waals surface area contributed by atoms with Crippen LogP contribution >= 0.6 is 0 Å². The number of nitrogens with one attached hydrogen (secondary N) is 3. The topological polar surface area (TPSA) is 109 Å². The zero-order valence-corrected chi connectivity index (χ0v) is 17.9. The highest BCUT2D eigenvalue weighted by Gasteiger charge is 2.34. The molecule has 0 aliphatic heterocycles. The van der Waals surface area contributed by atoms with Gasteiger partial charge in [-0.05, 0) is 48.3 Å². The summed E-state index contributed by atoms with van der Waals surface area (Å²) in [7, 11) is 1.78. The highest BCUT2D eigenvalue weighted by molar-refractivity contribution is 5.96. The maximum Gasteiger partial charge on any atom is 0.251 e. The summed E-state index contributed by atoms with van der Waals surface area (Å²) in [6.45, 7) is 5.99. The average molecular weight is 402 g/mol. The molecule has 2 rings (SSSR count). The van der Waals surface area contributed by atoms with E-state index in [9.17, 15) is 9.59 Å². The Bertz CT molecular complexity index is 706. The molecule has 0 atom stereocenters. The number of guanidine groups is 1. The van der Waals surface area contributed by atoms with Crippen molar-refractivity contribution in [3.63, 3.8) is 0 Å². The van der Waals surface area contributed by atoms with E-state index in [1.807, 2.05) is 12.1 Å². The first-order valence-electron chi connectivity index (χ1n) is 10.4. The average Bonchev–Trinajstić information content (AvgIpc) is 3.14. The van der Waals surface area contributed by atoms with Crippen LogP contribution in [0.25, 0.3) is 0 Å². The Kier molecular flexibility index (Phi) is 8.49. The Morgan fingerprint density at radius 1 is 1.10 bits per heavy atom. The minimum Gasteiger partial charge on any atom is -0.368 e. The molecule has 1 aliphatic rings. The normalized spacial score (nSPS) is 15.9. The number of aliphatic imine (C=N–C) groups is 1. The van der Waals surface area contributed by atoms with Gasteiger partial charge in [0.05, 0.1) is 6.54 Å². The number of hydrogen-bond donors (Lipinski definition) is 4. The lowest BCUT2D eigenvalue weighted by Crippen LogP contribution is -2.43. The lowest BCUT2D eigenvalue weighted by Gasteiger charge is -2.32. The Balaban J connectivity index is 1.84. The number of hydrogen-bond acceptors (Lipinski definition) is 3. The Labute approximate surface area is 173 Å². The number of benzene rings is 1. The number of nitrogens with two attached hydrogens (primary N) is 1. The summed E-state index contributed by atoms with van der Waals surface area (Å²) >= 11 is 0. The SMILES string of the molecule is CN=C(NCc1ccc(C(=O)NCC(N)=O)cc1)NCC1(CC(C)C)CCCC1. The number of carbonyl (C=O) groups excluding carboxylic acids is 2. The van der Waals surface area contributed by atoms with Gasteiger partial charge in [0, 0.05) is 25.7 Å². The molecular weight excluding hydrogens is 366 g/mol. The number of amides is 2. The third-order valence-electron chi connectivity index (χ3n) is 5.46. The lowest BCUT2D eigenvalue weighted by atomic mass is 9.78. The zero-order valence-electron chi connectivity index (χ0n) is 17.9. The van der Waals surface area contributed by atoms with Gasteiger partial charge in [0.2, 0.25) is 5.91 Å². The molecular formula is C22H35N5O2. The molecule has 1 aromatic rings. The molecule has 1 aromatic carbocycles. The van der Waals surface area contributed by atoms with Crippen LogP contribution in [0.5, 0.6) is 0 Å². The maximum atomic E-state index is 11.9. The monoisotopic (exact) mass is 401 g/mol. The second-order valence-electron chi connectivity index (χ2n) is 8.43. The minimum atomic E-state index is -0.564. The van der Waals surface area contributed by atoms with Gasteiger partial charge in [-0.1, -0.05) is 38.8 Å². The van der Waals surface area contributed by atoms with Crippen LogP contribution < -0.4 is 21.7 Å². The molecule has 5 N–H and O–H groups in total. The summed E-state index contributed by atoms with van der Waals surface area (Å²) in [5.41, 5.74) is 6.96. The van der Waals surface area contributed by atoms with Gasteiger partial charge < -0.3 is 21.7 Å². The van der Waals surface area contributed by atoms with Gasteiger partial charge in [-0.25, -0.2) is 0 Å². The highest BCUT2D eigenvalue weighted by Crippen LogP contribution is 2.42. The Morgan fingerprint density at radius 3 is 2.31 bits per heavy atom. The predicted octanol–water partition coefficient (Wildman–Crippen LogP) is 2.17. The van der Waals surface area contributed by atoms with E-state index in [0.717, 1.165) is 18.1 Å². The third-order valence-corrected chi connectivity index (χ3v) is 5.46. The molecule has 160 valence electrons. The zero-order chi connectivity index (χ0) is 21.3. The number of carbonyl (C=O) groups is 2. The molecule has 1 fully saturated rings. The van der Waals surface area contributed by atoms with Gasteiger partial charge in [-0.2, -0.15) is 0 Å². The van der Waals surface area contributed by atoms with Crippen LogP contribution in [0.4, 0.5) is 0 Å². The van der Waals surface area contributed by atoms with E-state index in [1.165, 1.54) is 32.1 Å².